The van der Waals surface area contributed by atoms with Crippen molar-refractivity contribution in [3.05, 3.63) is 69.8 Å². The lowest BCUT2D eigenvalue weighted by Gasteiger charge is -2.31. The summed E-state index contributed by atoms with van der Waals surface area (Å²) in [5.74, 6) is 0.768. The van der Waals surface area contributed by atoms with Crippen LogP contribution in [-0.2, 0) is 22.4 Å². The number of Topliss-reactive ketones (excluding diaryl/α,β-unsaturated/α-hetero) is 2. The van der Waals surface area contributed by atoms with Crippen LogP contribution in [0.25, 0.3) is 0 Å². The molecule has 0 bridgehead atoms. The lowest BCUT2D eigenvalue weighted by Crippen LogP contribution is -2.42. The molecule has 2 aromatic carbocycles. The summed E-state index contributed by atoms with van der Waals surface area (Å²) in [6.07, 6.45) is 8.07. The van der Waals surface area contributed by atoms with Crippen LogP contribution < -0.4 is 0 Å². The number of nitrogens with zero attached hydrogens (tertiary/aromatic N) is 2. The molecule has 37 heavy (non-hydrogen) atoms. The summed E-state index contributed by atoms with van der Waals surface area (Å²) in [4.78, 5) is 29.3. The van der Waals surface area contributed by atoms with Crippen molar-refractivity contribution in [3.8, 4) is 0 Å². The van der Waals surface area contributed by atoms with Crippen LogP contribution in [0, 0.1) is 27.7 Å². The second-order valence-corrected chi connectivity index (χ2v) is 11.0. The number of carbonyl (C=O) groups excluding carboxylic acids is 2. The Kier molecular flexibility index (Phi) is 12.5. The van der Waals surface area contributed by atoms with Gasteiger partial charge in [0.1, 0.15) is 0 Å². The van der Waals surface area contributed by atoms with Crippen LogP contribution in [0.4, 0.5) is 0 Å². The van der Waals surface area contributed by atoms with Gasteiger partial charge in [-0.05, 0) is 114 Å². The molecule has 0 aliphatic carbocycles. The van der Waals surface area contributed by atoms with Crippen molar-refractivity contribution >= 4 is 24.0 Å². The fraction of sp³-hybridized carbons (Fsp3) is 0.562. The maximum Gasteiger partial charge on any atom is 0.154 e. The first-order chi connectivity index (χ1) is 17.2. The van der Waals surface area contributed by atoms with E-state index in [1.54, 1.807) is 0 Å². The number of ketones is 2. The number of rotatable bonds is 6. The zero-order valence-electron chi connectivity index (χ0n) is 23.8. The Hall–Kier alpha value is -2.01. The largest absolute Gasteiger partial charge is 0.298 e. The van der Waals surface area contributed by atoms with Crippen molar-refractivity contribution in [2.45, 2.75) is 91.1 Å². The molecule has 0 N–H and O–H groups in total. The predicted molar refractivity (Wildman–Crippen MR) is 157 cm³/mol. The first-order valence-corrected chi connectivity index (χ1v) is 13.7. The summed E-state index contributed by atoms with van der Waals surface area (Å²) in [6.45, 7) is 10.5. The molecule has 2 fully saturated rings. The SMILES string of the molecule is Cc1cccc(C)c1CC(=O)C1CCCCN1C.Cc1cccc(C)c1CC(=O)C1CCCCN1C.Cl. The van der Waals surface area contributed by atoms with Gasteiger partial charge in [0.2, 0.25) is 0 Å². The van der Waals surface area contributed by atoms with Gasteiger partial charge >= 0.3 is 0 Å². The Labute approximate surface area is 231 Å². The number of carbonyl (C=O) groups is 2. The molecule has 4 nitrogen and oxygen atoms in total. The van der Waals surface area contributed by atoms with Gasteiger partial charge in [0.05, 0.1) is 12.1 Å². The summed E-state index contributed by atoms with van der Waals surface area (Å²) < 4.78 is 0. The first kappa shape index (κ1) is 31.2. The van der Waals surface area contributed by atoms with Crippen molar-refractivity contribution in [2.24, 2.45) is 0 Å². The van der Waals surface area contributed by atoms with Gasteiger partial charge in [0.25, 0.3) is 0 Å². The minimum atomic E-state index is 0. The number of likely N-dealkylation sites (N-methyl/N-ethyl adjacent to an activating group) is 2. The monoisotopic (exact) mass is 526 g/mol. The topological polar surface area (TPSA) is 40.6 Å². The van der Waals surface area contributed by atoms with Crippen LogP contribution in [0.15, 0.2) is 36.4 Å². The van der Waals surface area contributed by atoms with Gasteiger partial charge in [0.15, 0.2) is 11.6 Å². The molecule has 0 amide bonds. The molecule has 4 rings (SSSR count). The summed E-state index contributed by atoms with van der Waals surface area (Å²) in [7, 11) is 4.15. The lowest BCUT2D eigenvalue weighted by molar-refractivity contribution is -0.125. The highest BCUT2D eigenvalue weighted by Crippen LogP contribution is 2.21. The van der Waals surface area contributed by atoms with Gasteiger partial charge in [-0.15, -0.1) is 12.4 Å². The number of likely N-dealkylation sites (tertiary alicyclic amines) is 2. The van der Waals surface area contributed by atoms with E-state index >= 15 is 0 Å². The summed E-state index contributed by atoms with van der Waals surface area (Å²) in [6, 6.07) is 12.8. The predicted octanol–water partition coefficient (Wildman–Crippen LogP) is 6.22. The van der Waals surface area contributed by atoms with E-state index in [-0.39, 0.29) is 24.5 Å². The average Bonchev–Trinajstić information content (AvgIpc) is 2.85. The fourth-order valence-electron chi connectivity index (χ4n) is 5.80. The molecular formula is C32H47ClN2O2. The molecule has 2 aromatic rings. The van der Waals surface area contributed by atoms with Crippen LogP contribution >= 0.6 is 12.4 Å². The van der Waals surface area contributed by atoms with Gasteiger partial charge in [0, 0.05) is 12.8 Å². The molecule has 2 heterocycles. The van der Waals surface area contributed by atoms with E-state index in [4.69, 9.17) is 0 Å². The van der Waals surface area contributed by atoms with Gasteiger partial charge in [-0.3, -0.25) is 19.4 Å². The summed E-state index contributed by atoms with van der Waals surface area (Å²) in [5, 5.41) is 0. The third-order valence-corrected chi connectivity index (χ3v) is 8.28. The molecule has 2 atom stereocenters. The molecule has 0 radical (unpaired) electrons. The van der Waals surface area contributed by atoms with Crippen LogP contribution in [0.2, 0.25) is 0 Å². The number of benzene rings is 2. The average molecular weight is 527 g/mol. The number of hydrogen-bond donors (Lipinski definition) is 0. The van der Waals surface area contributed by atoms with E-state index < -0.39 is 0 Å². The molecule has 2 saturated heterocycles. The highest BCUT2D eigenvalue weighted by molar-refractivity contribution is 5.87. The van der Waals surface area contributed by atoms with E-state index in [2.05, 4.69) is 88.0 Å². The minimum absolute atomic E-state index is 0. The maximum absolute atomic E-state index is 12.4. The van der Waals surface area contributed by atoms with Crippen molar-refractivity contribution in [3.63, 3.8) is 0 Å². The molecule has 2 aliphatic heterocycles. The maximum atomic E-state index is 12.4. The van der Waals surface area contributed by atoms with Crippen LogP contribution in [-0.4, -0.2) is 60.6 Å². The number of hydrogen-bond acceptors (Lipinski definition) is 4. The molecule has 2 aliphatic rings. The van der Waals surface area contributed by atoms with E-state index in [1.165, 1.54) is 59.1 Å². The zero-order valence-corrected chi connectivity index (χ0v) is 24.6. The Morgan fingerprint density at radius 2 is 0.973 bits per heavy atom. The highest BCUT2D eigenvalue weighted by Gasteiger charge is 2.27. The smallest absolute Gasteiger partial charge is 0.154 e. The van der Waals surface area contributed by atoms with Gasteiger partial charge in [-0.1, -0.05) is 49.2 Å². The molecular weight excluding hydrogens is 480 g/mol. The highest BCUT2D eigenvalue weighted by atomic mass is 35.5. The summed E-state index contributed by atoms with van der Waals surface area (Å²) in [5.41, 5.74) is 7.40. The second-order valence-electron chi connectivity index (χ2n) is 11.0. The molecule has 204 valence electrons. The van der Waals surface area contributed by atoms with Crippen molar-refractivity contribution in [1.29, 1.82) is 0 Å². The lowest BCUT2D eigenvalue weighted by atomic mass is 9.92. The van der Waals surface area contributed by atoms with Crippen LogP contribution in [0.1, 0.15) is 71.9 Å². The minimum Gasteiger partial charge on any atom is -0.298 e. The molecule has 0 aromatic heterocycles. The van der Waals surface area contributed by atoms with E-state index in [9.17, 15) is 9.59 Å². The third-order valence-electron chi connectivity index (χ3n) is 8.28. The van der Waals surface area contributed by atoms with Crippen molar-refractivity contribution < 1.29 is 9.59 Å². The van der Waals surface area contributed by atoms with Gasteiger partial charge in [-0.2, -0.15) is 0 Å². The fourth-order valence-corrected chi connectivity index (χ4v) is 5.80. The summed E-state index contributed by atoms with van der Waals surface area (Å²) >= 11 is 0. The van der Waals surface area contributed by atoms with Crippen molar-refractivity contribution in [2.75, 3.05) is 27.2 Å². The number of piperidine rings is 2. The van der Waals surface area contributed by atoms with Crippen LogP contribution in [0.3, 0.4) is 0 Å². The molecule has 0 spiro atoms. The quantitative estimate of drug-likeness (QED) is 0.448. The molecule has 0 saturated carbocycles. The van der Waals surface area contributed by atoms with E-state index in [0.717, 1.165) is 25.9 Å². The number of halogens is 1. The Morgan fingerprint density at radius 3 is 1.27 bits per heavy atom. The van der Waals surface area contributed by atoms with Gasteiger partial charge in [-0.25, -0.2) is 0 Å². The molecule has 2 unspecified atom stereocenters. The third kappa shape index (κ3) is 8.49. The zero-order chi connectivity index (χ0) is 26.2. The normalized spacial score (nSPS) is 20.4. The Morgan fingerprint density at radius 1 is 0.649 bits per heavy atom. The molecule has 5 heteroatoms. The van der Waals surface area contributed by atoms with E-state index in [0.29, 0.717) is 24.4 Å². The Balaban J connectivity index is 0.000000253. The second kappa shape index (κ2) is 14.8. The Bertz CT molecular complexity index is 927. The number of aryl methyl sites for hydroxylation is 4. The standard InChI is InChI=1S/2C16H23NO.ClH/c2*1-12-7-6-8-13(2)14(12)11-16(18)15-9-4-5-10-17(15)3;/h2*6-8,15H,4-5,9-11H2,1-3H3;1H. The van der Waals surface area contributed by atoms with Crippen molar-refractivity contribution in [1.82, 2.24) is 9.80 Å². The first-order valence-electron chi connectivity index (χ1n) is 13.7. The van der Waals surface area contributed by atoms with E-state index in [1.807, 2.05) is 0 Å². The van der Waals surface area contributed by atoms with Crippen LogP contribution in [0.5, 0.6) is 0 Å². The van der Waals surface area contributed by atoms with Gasteiger partial charge < -0.3 is 0 Å².